The smallest absolute Gasteiger partial charge is 0.262 e. The van der Waals surface area contributed by atoms with Gasteiger partial charge in [0, 0.05) is 5.56 Å². The van der Waals surface area contributed by atoms with E-state index in [1.165, 1.54) is 24.3 Å². The molecule has 0 aliphatic rings. The predicted molar refractivity (Wildman–Crippen MR) is 112 cm³/mol. The van der Waals surface area contributed by atoms with Crippen LogP contribution in [0.5, 0.6) is 11.5 Å². The first-order valence-corrected chi connectivity index (χ1v) is 9.38. The van der Waals surface area contributed by atoms with Crippen LogP contribution in [0.3, 0.4) is 0 Å². The second-order valence-electron chi connectivity index (χ2n) is 6.49. The molecule has 1 aromatic heterocycles. The summed E-state index contributed by atoms with van der Waals surface area (Å²) in [6.45, 7) is -0.235. The van der Waals surface area contributed by atoms with Gasteiger partial charge < -0.3 is 19.3 Å². The lowest BCUT2D eigenvalue weighted by Crippen LogP contribution is -2.20. The molecule has 0 fully saturated rings. The standard InChI is InChI=1S/C23H18FN3O4/c1-29-17-10-6-15(7-11-17)22-26-23(31-27-22)19-4-2-3-5-20(19)25-21(28)14-30-18-12-8-16(24)9-13-18/h2-13H,14H2,1H3,(H,25,28). The molecule has 0 saturated carbocycles. The van der Waals surface area contributed by atoms with Crippen LogP contribution in [0.1, 0.15) is 0 Å². The van der Waals surface area contributed by atoms with Crippen molar-refractivity contribution < 1.29 is 23.2 Å². The number of carbonyl (C=O) groups is 1. The SMILES string of the molecule is COc1ccc(-c2noc(-c3ccccc3NC(=O)COc3ccc(F)cc3)n2)cc1. The van der Waals surface area contributed by atoms with E-state index in [9.17, 15) is 9.18 Å². The highest BCUT2D eigenvalue weighted by molar-refractivity contribution is 5.95. The van der Waals surface area contributed by atoms with E-state index in [1.807, 2.05) is 12.1 Å². The van der Waals surface area contributed by atoms with E-state index in [2.05, 4.69) is 15.5 Å². The van der Waals surface area contributed by atoms with E-state index in [-0.39, 0.29) is 24.2 Å². The first-order chi connectivity index (χ1) is 15.1. The summed E-state index contributed by atoms with van der Waals surface area (Å²) in [6.07, 6.45) is 0. The lowest BCUT2D eigenvalue weighted by molar-refractivity contribution is -0.118. The lowest BCUT2D eigenvalue weighted by atomic mass is 10.1. The second kappa shape index (κ2) is 9.08. The average molecular weight is 419 g/mol. The number of rotatable bonds is 7. The Morgan fingerprint density at radius 3 is 2.45 bits per heavy atom. The lowest BCUT2D eigenvalue weighted by Gasteiger charge is -2.09. The van der Waals surface area contributed by atoms with Crippen LogP contribution in [0.4, 0.5) is 10.1 Å². The molecule has 1 amide bonds. The molecule has 1 heterocycles. The van der Waals surface area contributed by atoms with Gasteiger partial charge in [0.25, 0.3) is 11.8 Å². The third kappa shape index (κ3) is 4.87. The molecular weight excluding hydrogens is 401 g/mol. The summed E-state index contributed by atoms with van der Waals surface area (Å²) < 4.78 is 28.9. The number of ether oxygens (including phenoxy) is 2. The van der Waals surface area contributed by atoms with Crippen molar-refractivity contribution in [3.05, 3.63) is 78.6 Å². The number of amides is 1. The number of hydrogen-bond donors (Lipinski definition) is 1. The highest BCUT2D eigenvalue weighted by Crippen LogP contribution is 2.29. The third-order valence-electron chi connectivity index (χ3n) is 4.39. The molecule has 0 atom stereocenters. The molecule has 0 bridgehead atoms. The summed E-state index contributed by atoms with van der Waals surface area (Å²) >= 11 is 0. The van der Waals surface area contributed by atoms with E-state index >= 15 is 0 Å². The molecule has 0 radical (unpaired) electrons. The summed E-state index contributed by atoms with van der Waals surface area (Å²) in [6, 6.07) is 19.8. The highest BCUT2D eigenvalue weighted by Gasteiger charge is 2.16. The van der Waals surface area contributed by atoms with Crippen molar-refractivity contribution in [2.45, 2.75) is 0 Å². The van der Waals surface area contributed by atoms with Crippen molar-refractivity contribution in [2.24, 2.45) is 0 Å². The minimum Gasteiger partial charge on any atom is -0.497 e. The van der Waals surface area contributed by atoms with E-state index < -0.39 is 0 Å². The van der Waals surface area contributed by atoms with E-state index in [4.69, 9.17) is 14.0 Å². The van der Waals surface area contributed by atoms with Crippen LogP contribution in [-0.4, -0.2) is 29.8 Å². The number of nitrogens with one attached hydrogen (secondary N) is 1. The number of anilines is 1. The fourth-order valence-corrected chi connectivity index (χ4v) is 2.83. The zero-order chi connectivity index (χ0) is 21.6. The van der Waals surface area contributed by atoms with Crippen LogP contribution in [0.2, 0.25) is 0 Å². The zero-order valence-corrected chi connectivity index (χ0v) is 16.5. The van der Waals surface area contributed by atoms with Crippen LogP contribution in [-0.2, 0) is 4.79 Å². The molecule has 0 aliphatic heterocycles. The minimum absolute atomic E-state index is 0.235. The highest BCUT2D eigenvalue weighted by atomic mass is 19.1. The number of carbonyl (C=O) groups excluding carboxylic acids is 1. The molecule has 7 nitrogen and oxygen atoms in total. The first-order valence-electron chi connectivity index (χ1n) is 9.38. The number of aromatic nitrogens is 2. The Labute approximate surface area is 177 Å². The maximum atomic E-state index is 13.0. The van der Waals surface area contributed by atoms with E-state index in [0.717, 1.165) is 11.3 Å². The molecule has 156 valence electrons. The number of hydrogen-bond acceptors (Lipinski definition) is 6. The Hall–Kier alpha value is -4.20. The fraction of sp³-hybridized carbons (Fsp3) is 0.0870. The van der Waals surface area contributed by atoms with Crippen LogP contribution in [0, 0.1) is 5.82 Å². The van der Waals surface area contributed by atoms with Crippen molar-refractivity contribution in [1.29, 1.82) is 0 Å². The van der Waals surface area contributed by atoms with Crippen LogP contribution in [0.15, 0.2) is 77.3 Å². The van der Waals surface area contributed by atoms with E-state index in [0.29, 0.717) is 22.8 Å². The average Bonchev–Trinajstić information content (AvgIpc) is 3.29. The van der Waals surface area contributed by atoms with Gasteiger partial charge in [-0.1, -0.05) is 17.3 Å². The van der Waals surface area contributed by atoms with Crippen LogP contribution < -0.4 is 14.8 Å². The summed E-state index contributed by atoms with van der Waals surface area (Å²) in [5.41, 5.74) is 1.84. The number of halogens is 1. The third-order valence-corrected chi connectivity index (χ3v) is 4.39. The van der Waals surface area contributed by atoms with Gasteiger partial charge in [-0.3, -0.25) is 4.79 Å². The van der Waals surface area contributed by atoms with Crippen LogP contribution in [0.25, 0.3) is 22.8 Å². The Balaban J connectivity index is 1.47. The van der Waals surface area contributed by atoms with Crippen molar-refractivity contribution >= 4 is 11.6 Å². The van der Waals surface area contributed by atoms with E-state index in [1.54, 1.807) is 43.5 Å². The van der Waals surface area contributed by atoms with Gasteiger partial charge in [-0.05, 0) is 60.7 Å². The second-order valence-corrected chi connectivity index (χ2v) is 6.49. The van der Waals surface area contributed by atoms with Gasteiger partial charge in [0.2, 0.25) is 5.82 Å². The molecule has 3 aromatic carbocycles. The van der Waals surface area contributed by atoms with Gasteiger partial charge >= 0.3 is 0 Å². The fourth-order valence-electron chi connectivity index (χ4n) is 2.83. The minimum atomic E-state index is -0.383. The molecule has 31 heavy (non-hydrogen) atoms. The van der Waals surface area contributed by atoms with Gasteiger partial charge in [0.15, 0.2) is 6.61 Å². The number of methoxy groups -OCH3 is 1. The Kier molecular flexibility index (Phi) is 5.89. The summed E-state index contributed by atoms with van der Waals surface area (Å²) in [7, 11) is 1.59. The molecule has 0 spiro atoms. The van der Waals surface area contributed by atoms with Gasteiger partial charge in [-0.25, -0.2) is 4.39 Å². The molecule has 0 saturated heterocycles. The van der Waals surface area contributed by atoms with Gasteiger partial charge in [0.1, 0.15) is 17.3 Å². The Bertz CT molecular complexity index is 1170. The summed E-state index contributed by atoms with van der Waals surface area (Å²) in [4.78, 5) is 16.8. The normalized spacial score (nSPS) is 10.5. The maximum Gasteiger partial charge on any atom is 0.262 e. The predicted octanol–water partition coefficient (Wildman–Crippen LogP) is 4.57. The van der Waals surface area contributed by atoms with Gasteiger partial charge in [-0.15, -0.1) is 0 Å². The van der Waals surface area contributed by atoms with Crippen molar-refractivity contribution in [1.82, 2.24) is 10.1 Å². The Morgan fingerprint density at radius 1 is 1.00 bits per heavy atom. The van der Waals surface area contributed by atoms with Gasteiger partial charge in [0.05, 0.1) is 18.4 Å². The van der Waals surface area contributed by atoms with Crippen molar-refractivity contribution in [3.63, 3.8) is 0 Å². The van der Waals surface area contributed by atoms with Crippen molar-refractivity contribution in [2.75, 3.05) is 19.0 Å². The topological polar surface area (TPSA) is 86.5 Å². The summed E-state index contributed by atoms with van der Waals surface area (Å²) in [5.74, 6) is 1.04. The first kappa shape index (κ1) is 20.1. The number of para-hydroxylation sites is 1. The Morgan fingerprint density at radius 2 is 1.71 bits per heavy atom. The number of nitrogens with zero attached hydrogens (tertiary/aromatic N) is 2. The molecule has 4 rings (SSSR count). The van der Waals surface area contributed by atoms with Crippen LogP contribution >= 0.6 is 0 Å². The zero-order valence-electron chi connectivity index (χ0n) is 16.5. The maximum absolute atomic E-state index is 13.0. The number of benzene rings is 3. The van der Waals surface area contributed by atoms with Crippen molar-refractivity contribution in [3.8, 4) is 34.3 Å². The molecule has 8 heteroatoms. The molecular formula is C23H18FN3O4. The largest absolute Gasteiger partial charge is 0.497 e. The monoisotopic (exact) mass is 419 g/mol. The molecule has 0 unspecified atom stereocenters. The quantitative estimate of drug-likeness (QED) is 0.472. The molecule has 4 aromatic rings. The molecule has 1 N–H and O–H groups in total. The van der Waals surface area contributed by atoms with Gasteiger partial charge in [-0.2, -0.15) is 4.98 Å². The summed E-state index contributed by atoms with van der Waals surface area (Å²) in [5, 5.41) is 6.80. The molecule has 0 aliphatic carbocycles.